The molecule has 0 bridgehead atoms. The van der Waals surface area contributed by atoms with Crippen LogP contribution in [0.1, 0.15) is 12.5 Å². The van der Waals surface area contributed by atoms with Gasteiger partial charge >= 0.3 is 5.97 Å². The van der Waals surface area contributed by atoms with Crippen LogP contribution in [0, 0.1) is 0 Å². The molecular weight excluding hydrogens is 216 g/mol. The zero-order valence-electron chi connectivity index (χ0n) is 8.12. The summed E-state index contributed by atoms with van der Waals surface area (Å²) < 4.78 is 10.3. The predicted octanol–water partition coefficient (Wildman–Crippen LogP) is 2.64. The smallest absolute Gasteiger partial charge is 0.307 e. The maximum absolute atomic E-state index is 10.8. The van der Waals surface area contributed by atoms with Crippen LogP contribution in [0.2, 0.25) is 5.02 Å². The summed E-state index contributed by atoms with van der Waals surface area (Å²) in [5.41, 5.74) is 0.752. The average molecular weight is 225 g/mol. The quantitative estimate of drug-likeness (QED) is 0.688. The van der Waals surface area contributed by atoms with Gasteiger partial charge in [0.25, 0.3) is 0 Å². The number of carbonyl (C=O) groups excluding carboxylic acids is 1. The highest BCUT2D eigenvalue weighted by Gasteiger charge is 2.15. The van der Waals surface area contributed by atoms with Crippen molar-refractivity contribution in [1.29, 1.82) is 0 Å². The third-order valence-corrected chi connectivity index (χ3v) is 2.29. The van der Waals surface area contributed by atoms with E-state index < -0.39 is 0 Å². The lowest BCUT2D eigenvalue weighted by molar-refractivity contribution is -0.137. The number of benzene rings is 1. The van der Waals surface area contributed by atoms with Crippen LogP contribution < -0.4 is 4.74 Å². The van der Waals surface area contributed by atoms with Gasteiger partial charge in [-0.25, -0.2) is 0 Å². The van der Waals surface area contributed by atoms with Crippen molar-refractivity contribution < 1.29 is 14.3 Å². The number of fused-ring (bicyclic) bond motifs is 1. The monoisotopic (exact) mass is 224 g/mol. The summed E-state index contributed by atoms with van der Waals surface area (Å²) in [7, 11) is 0. The number of halogens is 1. The van der Waals surface area contributed by atoms with Crippen molar-refractivity contribution in [1.82, 2.24) is 0 Å². The fourth-order valence-electron chi connectivity index (χ4n) is 1.38. The Bertz CT molecular complexity index is 437. The van der Waals surface area contributed by atoms with Gasteiger partial charge in [-0.3, -0.25) is 4.79 Å². The molecule has 78 valence electrons. The zero-order chi connectivity index (χ0) is 10.8. The molecule has 1 aliphatic rings. The second-order valence-corrected chi connectivity index (χ2v) is 3.55. The Balaban J connectivity index is 2.35. The SMILES string of the molecule is CC(=O)OC1=Cc2c(Cl)cccc2OC1. The minimum absolute atomic E-state index is 0.257. The van der Waals surface area contributed by atoms with Gasteiger partial charge in [0.2, 0.25) is 0 Å². The molecule has 0 fully saturated rings. The number of hydrogen-bond acceptors (Lipinski definition) is 3. The first-order valence-corrected chi connectivity index (χ1v) is 4.85. The van der Waals surface area contributed by atoms with Crippen molar-refractivity contribution >= 4 is 23.6 Å². The Hall–Kier alpha value is -1.48. The maximum Gasteiger partial charge on any atom is 0.307 e. The summed E-state index contributed by atoms with van der Waals surface area (Å²) in [5, 5.41) is 0.580. The van der Waals surface area contributed by atoms with E-state index in [1.54, 1.807) is 12.1 Å². The molecule has 4 heteroatoms. The lowest BCUT2D eigenvalue weighted by atomic mass is 10.1. The fraction of sp³-hybridized carbons (Fsp3) is 0.182. The summed E-state index contributed by atoms with van der Waals surface area (Å²) in [6, 6.07) is 5.39. The molecule has 1 aliphatic heterocycles. The van der Waals surface area contributed by atoms with E-state index in [0.29, 0.717) is 16.5 Å². The summed E-state index contributed by atoms with van der Waals surface area (Å²) in [5.74, 6) is 0.821. The lowest BCUT2D eigenvalue weighted by Crippen LogP contribution is -2.12. The van der Waals surface area contributed by atoms with E-state index in [1.807, 2.05) is 12.1 Å². The molecule has 3 nitrogen and oxygen atoms in total. The van der Waals surface area contributed by atoms with Crippen molar-refractivity contribution in [3.63, 3.8) is 0 Å². The van der Waals surface area contributed by atoms with Crippen molar-refractivity contribution in [2.75, 3.05) is 6.61 Å². The molecule has 0 N–H and O–H groups in total. The van der Waals surface area contributed by atoms with E-state index in [1.165, 1.54) is 6.92 Å². The average Bonchev–Trinajstić information content (AvgIpc) is 2.18. The molecule has 0 saturated carbocycles. The largest absolute Gasteiger partial charge is 0.485 e. The predicted molar refractivity (Wildman–Crippen MR) is 56.7 cm³/mol. The second-order valence-electron chi connectivity index (χ2n) is 3.14. The van der Waals surface area contributed by atoms with Gasteiger partial charge < -0.3 is 9.47 Å². The van der Waals surface area contributed by atoms with Crippen LogP contribution in [-0.2, 0) is 9.53 Å². The van der Waals surface area contributed by atoms with E-state index in [0.717, 1.165) is 5.56 Å². The fourth-order valence-corrected chi connectivity index (χ4v) is 1.60. The molecule has 0 aromatic heterocycles. The molecule has 15 heavy (non-hydrogen) atoms. The third-order valence-electron chi connectivity index (χ3n) is 1.96. The van der Waals surface area contributed by atoms with E-state index in [9.17, 15) is 4.79 Å². The first-order valence-electron chi connectivity index (χ1n) is 4.47. The first-order chi connectivity index (χ1) is 7.16. The summed E-state index contributed by atoms with van der Waals surface area (Å²) >= 11 is 5.98. The number of esters is 1. The van der Waals surface area contributed by atoms with Crippen LogP contribution in [-0.4, -0.2) is 12.6 Å². The van der Waals surface area contributed by atoms with Gasteiger partial charge in [-0.15, -0.1) is 0 Å². The van der Waals surface area contributed by atoms with Crippen LogP contribution in [0.4, 0.5) is 0 Å². The maximum atomic E-state index is 10.8. The minimum Gasteiger partial charge on any atom is -0.485 e. The molecule has 1 aromatic carbocycles. The molecule has 0 saturated heterocycles. The number of hydrogen-bond donors (Lipinski definition) is 0. The van der Waals surface area contributed by atoms with Crippen LogP contribution in [0.3, 0.4) is 0 Å². The van der Waals surface area contributed by atoms with Crippen LogP contribution in [0.5, 0.6) is 5.75 Å². The van der Waals surface area contributed by atoms with Gasteiger partial charge in [0.1, 0.15) is 18.1 Å². The van der Waals surface area contributed by atoms with Crippen LogP contribution in [0.15, 0.2) is 24.0 Å². The Morgan fingerprint density at radius 1 is 1.53 bits per heavy atom. The molecule has 0 unspecified atom stereocenters. The normalized spacial score (nSPS) is 13.6. The summed E-state index contributed by atoms with van der Waals surface area (Å²) in [4.78, 5) is 10.8. The molecule has 0 radical (unpaired) electrons. The highest BCUT2D eigenvalue weighted by atomic mass is 35.5. The number of ether oxygens (including phenoxy) is 2. The standard InChI is InChI=1S/C11H9ClO3/c1-7(13)15-8-5-9-10(12)3-2-4-11(9)14-6-8/h2-5H,6H2,1H3. The zero-order valence-corrected chi connectivity index (χ0v) is 8.88. The first kappa shape index (κ1) is 10.1. The molecule has 0 atom stereocenters. The van der Waals surface area contributed by atoms with E-state index >= 15 is 0 Å². The van der Waals surface area contributed by atoms with Gasteiger partial charge in [0.05, 0.1) is 5.02 Å². The van der Waals surface area contributed by atoms with Gasteiger partial charge in [-0.05, 0) is 18.2 Å². The Morgan fingerprint density at radius 2 is 2.33 bits per heavy atom. The highest BCUT2D eigenvalue weighted by Crippen LogP contribution is 2.32. The molecule has 0 amide bonds. The molecule has 1 aromatic rings. The van der Waals surface area contributed by atoms with Gasteiger partial charge in [0.15, 0.2) is 0 Å². The molecule has 0 spiro atoms. The van der Waals surface area contributed by atoms with Crippen molar-refractivity contribution in [3.05, 3.63) is 34.5 Å². The third kappa shape index (κ3) is 2.13. The molecule has 2 rings (SSSR count). The Morgan fingerprint density at radius 3 is 3.07 bits per heavy atom. The van der Waals surface area contributed by atoms with Crippen molar-refractivity contribution in [3.8, 4) is 5.75 Å². The summed E-state index contributed by atoms with van der Waals surface area (Å²) in [6.07, 6.45) is 1.72. The Labute approximate surface area is 92.3 Å². The van der Waals surface area contributed by atoms with E-state index in [2.05, 4.69) is 0 Å². The van der Waals surface area contributed by atoms with Gasteiger partial charge in [0, 0.05) is 12.5 Å². The van der Waals surface area contributed by atoms with Crippen LogP contribution in [0.25, 0.3) is 6.08 Å². The van der Waals surface area contributed by atoms with E-state index in [4.69, 9.17) is 21.1 Å². The lowest BCUT2D eigenvalue weighted by Gasteiger charge is -2.17. The molecular formula is C11H9ClO3. The topological polar surface area (TPSA) is 35.5 Å². The van der Waals surface area contributed by atoms with Crippen molar-refractivity contribution in [2.45, 2.75) is 6.92 Å². The molecule has 1 heterocycles. The van der Waals surface area contributed by atoms with Crippen LogP contribution >= 0.6 is 11.6 Å². The minimum atomic E-state index is -0.361. The van der Waals surface area contributed by atoms with Gasteiger partial charge in [-0.1, -0.05) is 17.7 Å². The van der Waals surface area contributed by atoms with Crippen molar-refractivity contribution in [2.24, 2.45) is 0 Å². The van der Waals surface area contributed by atoms with Gasteiger partial charge in [-0.2, -0.15) is 0 Å². The number of rotatable bonds is 1. The summed E-state index contributed by atoms with van der Waals surface area (Å²) in [6.45, 7) is 1.61. The second kappa shape index (κ2) is 3.95. The number of carbonyl (C=O) groups is 1. The highest BCUT2D eigenvalue weighted by molar-refractivity contribution is 6.32. The molecule has 0 aliphatic carbocycles. The Kier molecular flexibility index (Phi) is 2.64. The van der Waals surface area contributed by atoms with E-state index in [-0.39, 0.29) is 12.6 Å².